The summed E-state index contributed by atoms with van der Waals surface area (Å²) in [6.45, 7) is 1.83. The Labute approximate surface area is 246 Å². The summed E-state index contributed by atoms with van der Waals surface area (Å²) in [5, 5.41) is 10.8. The van der Waals surface area contributed by atoms with Gasteiger partial charge in [-0.15, -0.1) is 0 Å². The molecule has 3 heterocycles. The van der Waals surface area contributed by atoms with Crippen LogP contribution in [0.3, 0.4) is 0 Å². The van der Waals surface area contributed by atoms with Crippen LogP contribution in [0.25, 0.3) is 22.0 Å². The average Bonchev–Trinajstić information content (AvgIpc) is 3.83. The van der Waals surface area contributed by atoms with Gasteiger partial charge in [0.25, 0.3) is 0 Å². The van der Waals surface area contributed by atoms with Crippen molar-refractivity contribution in [3.63, 3.8) is 0 Å². The minimum Gasteiger partial charge on any atom is -0.355 e. The first-order chi connectivity index (χ1) is 20.5. The first kappa shape index (κ1) is 27.9. The van der Waals surface area contributed by atoms with E-state index in [9.17, 15) is 31.6 Å². The number of hydrogen-bond donors (Lipinski definition) is 0. The third-order valence-electron chi connectivity index (χ3n) is 8.69. The maximum absolute atomic E-state index is 13.0. The van der Waals surface area contributed by atoms with Crippen molar-refractivity contribution >= 4 is 32.7 Å². The maximum Gasteiger partial charge on any atom is 0.534 e. The molecule has 0 radical (unpaired) electrons. The minimum atomic E-state index is -5.87. The lowest BCUT2D eigenvalue weighted by Gasteiger charge is -2.43. The molecule has 2 aromatic heterocycles. The Morgan fingerprint density at radius 2 is 1.77 bits per heavy atom. The van der Waals surface area contributed by atoms with E-state index in [1.54, 1.807) is 12.1 Å². The highest BCUT2D eigenvalue weighted by Crippen LogP contribution is 2.47. The number of aromatic nitrogens is 2. The van der Waals surface area contributed by atoms with E-state index in [0.717, 1.165) is 55.8 Å². The third kappa shape index (κ3) is 5.26. The number of benzene rings is 1. The molecule has 3 aliphatic carbocycles. The van der Waals surface area contributed by atoms with E-state index in [2.05, 4.69) is 25.0 Å². The number of nitriles is 1. The molecule has 1 saturated heterocycles. The molecule has 1 aliphatic heterocycles. The fourth-order valence-corrected chi connectivity index (χ4v) is 6.44. The highest BCUT2D eigenvalue weighted by molar-refractivity contribution is 7.87. The van der Waals surface area contributed by atoms with Gasteiger partial charge in [0.05, 0.1) is 22.8 Å². The zero-order chi connectivity index (χ0) is 30.1. The fourth-order valence-electron chi connectivity index (χ4n) is 6.03. The van der Waals surface area contributed by atoms with Gasteiger partial charge in [0.1, 0.15) is 11.9 Å². The summed E-state index contributed by atoms with van der Waals surface area (Å²) in [5.74, 6) is 1.01. The number of piperazine rings is 1. The van der Waals surface area contributed by atoms with Gasteiger partial charge in [0.15, 0.2) is 0 Å². The van der Waals surface area contributed by atoms with Crippen molar-refractivity contribution in [1.29, 1.82) is 5.26 Å². The minimum absolute atomic E-state index is 0.112. The maximum atomic E-state index is 13.0. The van der Waals surface area contributed by atoms with Gasteiger partial charge in [-0.05, 0) is 68.2 Å². The highest BCUT2D eigenvalue weighted by Gasteiger charge is 2.49. The summed E-state index contributed by atoms with van der Waals surface area (Å²) in [6.07, 6.45) is 6.01. The smallest absolute Gasteiger partial charge is 0.355 e. The largest absolute Gasteiger partial charge is 0.534 e. The average molecular weight is 612 g/mol. The molecule has 4 fully saturated rings. The number of anilines is 1. The lowest BCUT2D eigenvalue weighted by Crippen LogP contribution is -2.57. The summed E-state index contributed by atoms with van der Waals surface area (Å²) in [5.41, 5.74) is -2.70. The van der Waals surface area contributed by atoms with E-state index in [-0.39, 0.29) is 29.3 Å². The van der Waals surface area contributed by atoms with Crippen LogP contribution in [-0.4, -0.2) is 60.4 Å². The molecule has 0 spiro atoms. The Hall–Kier alpha value is -3.92. The number of nitrogens with zero attached hydrogens (tertiary/aromatic N) is 5. The second-order valence-electron chi connectivity index (χ2n) is 11.8. The van der Waals surface area contributed by atoms with Crippen molar-refractivity contribution in [3.05, 3.63) is 47.7 Å². The number of carbonyl (C=O) groups excluding carboxylic acids is 1. The molecule has 43 heavy (non-hydrogen) atoms. The summed E-state index contributed by atoms with van der Waals surface area (Å²) < 4.78 is 65.8. The number of alkyl halides is 3. The Morgan fingerprint density at radius 1 is 1.00 bits per heavy atom. The number of rotatable bonds is 7. The van der Waals surface area contributed by atoms with E-state index in [1.807, 2.05) is 12.1 Å². The van der Waals surface area contributed by atoms with Crippen molar-refractivity contribution in [3.8, 4) is 23.1 Å². The van der Waals surface area contributed by atoms with Gasteiger partial charge < -0.3 is 14.0 Å². The van der Waals surface area contributed by atoms with E-state index < -0.39 is 21.5 Å². The zero-order valence-corrected chi connectivity index (χ0v) is 23.9. The van der Waals surface area contributed by atoms with Crippen LogP contribution >= 0.6 is 0 Å². The second kappa shape index (κ2) is 10.1. The zero-order valence-electron chi connectivity index (χ0n) is 23.0. The topological polar surface area (TPSA) is 116 Å². The molecule has 224 valence electrons. The molecule has 1 amide bonds. The Morgan fingerprint density at radius 3 is 2.42 bits per heavy atom. The van der Waals surface area contributed by atoms with E-state index in [4.69, 9.17) is 4.98 Å². The SMILES string of the molecule is N#Cc1cc(-c2cccc3nc(OS(=O)(=O)C(F)(F)F)ccc23)c(C2CC2)nc1N1CCN(C(=O)C2CC2)C(C2CC2)C1. The lowest BCUT2D eigenvalue weighted by atomic mass is 9.95. The molecule has 1 atom stereocenters. The predicted octanol–water partition coefficient (Wildman–Crippen LogP) is 5.11. The number of pyridine rings is 2. The van der Waals surface area contributed by atoms with Gasteiger partial charge in [-0.2, -0.15) is 26.9 Å². The second-order valence-corrected chi connectivity index (χ2v) is 13.4. The first-order valence-electron chi connectivity index (χ1n) is 14.5. The molecular formula is C30H28F3N5O4S. The van der Waals surface area contributed by atoms with Gasteiger partial charge in [0.2, 0.25) is 11.8 Å². The summed E-state index contributed by atoms with van der Waals surface area (Å²) >= 11 is 0. The fraction of sp³-hybridized carbons (Fsp3) is 0.467. The number of hydrogen-bond acceptors (Lipinski definition) is 8. The first-order valence-corrected chi connectivity index (χ1v) is 15.9. The van der Waals surface area contributed by atoms with Crippen molar-refractivity contribution in [1.82, 2.24) is 14.9 Å². The monoisotopic (exact) mass is 611 g/mol. The van der Waals surface area contributed by atoms with Crippen LogP contribution in [-0.2, 0) is 14.9 Å². The van der Waals surface area contributed by atoms with E-state index in [0.29, 0.717) is 47.9 Å². The van der Waals surface area contributed by atoms with Gasteiger partial charge in [-0.1, -0.05) is 12.1 Å². The summed E-state index contributed by atoms with van der Waals surface area (Å²) in [6, 6.07) is 11.8. The lowest BCUT2D eigenvalue weighted by molar-refractivity contribution is -0.135. The quantitative estimate of drug-likeness (QED) is 0.267. The van der Waals surface area contributed by atoms with Crippen LogP contribution in [0.4, 0.5) is 19.0 Å². The molecule has 0 bridgehead atoms. The number of amides is 1. The summed E-state index contributed by atoms with van der Waals surface area (Å²) in [4.78, 5) is 26.3. The highest BCUT2D eigenvalue weighted by atomic mass is 32.2. The van der Waals surface area contributed by atoms with Gasteiger partial charge >= 0.3 is 15.6 Å². The van der Waals surface area contributed by atoms with Crippen LogP contribution in [0.2, 0.25) is 0 Å². The molecule has 13 heteroatoms. The predicted molar refractivity (Wildman–Crippen MR) is 150 cm³/mol. The van der Waals surface area contributed by atoms with Crippen LogP contribution in [0, 0.1) is 23.2 Å². The molecule has 4 aliphatic rings. The Balaban J connectivity index is 1.24. The normalized spacial score (nSPS) is 21.1. The van der Waals surface area contributed by atoms with Gasteiger partial charge in [0, 0.05) is 48.5 Å². The molecule has 3 saturated carbocycles. The van der Waals surface area contributed by atoms with Gasteiger partial charge in [-0.3, -0.25) is 4.79 Å². The van der Waals surface area contributed by atoms with Gasteiger partial charge in [-0.25, -0.2) is 9.97 Å². The van der Waals surface area contributed by atoms with Crippen molar-refractivity contribution in [2.75, 3.05) is 24.5 Å². The third-order valence-corrected chi connectivity index (χ3v) is 9.64. The van der Waals surface area contributed by atoms with Crippen LogP contribution in [0.15, 0.2) is 36.4 Å². The molecule has 7 rings (SSSR count). The standard InChI is InChI=1S/C30H28F3N5O4S/c31-30(32,33)43(40,41)42-26-11-10-22-21(2-1-3-24(22)35-26)23-14-20(15-34)28(36-27(23)18-6-7-18)37-12-13-38(29(39)19-8-9-19)25(16-37)17-4-5-17/h1-3,10-11,14,17-19,25H,4-9,12-13,16H2. The Bertz CT molecular complexity index is 1780. The van der Waals surface area contributed by atoms with Crippen molar-refractivity contribution < 1.29 is 30.6 Å². The number of halogens is 3. The van der Waals surface area contributed by atoms with Crippen molar-refractivity contribution in [2.24, 2.45) is 11.8 Å². The number of carbonyl (C=O) groups is 1. The van der Waals surface area contributed by atoms with Crippen molar-refractivity contribution in [2.45, 2.75) is 56.0 Å². The molecule has 9 nitrogen and oxygen atoms in total. The molecule has 3 aromatic rings. The van der Waals surface area contributed by atoms with Crippen LogP contribution < -0.4 is 9.08 Å². The summed E-state index contributed by atoms with van der Waals surface area (Å²) in [7, 11) is -5.87. The Kier molecular flexibility index (Phi) is 6.54. The van der Waals surface area contributed by atoms with E-state index in [1.165, 1.54) is 6.07 Å². The molecule has 1 aromatic carbocycles. The number of fused-ring (bicyclic) bond motifs is 1. The van der Waals surface area contributed by atoms with Crippen LogP contribution in [0.5, 0.6) is 5.88 Å². The van der Waals surface area contributed by atoms with Crippen LogP contribution in [0.1, 0.15) is 55.7 Å². The molecular weight excluding hydrogens is 583 g/mol. The molecule has 1 unspecified atom stereocenters. The van der Waals surface area contributed by atoms with E-state index >= 15 is 0 Å². The molecule has 0 N–H and O–H groups in total.